The molecule has 0 bridgehead atoms. The van der Waals surface area contributed by atoms with E-state index in [0.29, 0.717) is 23.6 Å². The molecule has 1 aliphatic rings. The molecule has 6 heteroatoms. The largest absolute Gasteiger partial charge is 0.454 e. The van der Waals surface area contributed by atoms with Gasteiger partial charge in [0.2, 0.25) is 6.79 Å². The van der Waals surface area contributed by atoms with Gasteiger partial charge in [-0.05, 0) is 41.8 Å². The molecule has 0 fully saturated rings. The molecule has 2 aromatic carbocycles. The molecule has 0 saturated heterocycles. The number of rotatable bonds is 4. The molecule has 2 aromatic rings. The molecule has 2 amide bonds. The third-order valence-electron chi connectivity index (χ3n) is 3.88. The predicted octanol–water partition coefficient (Wildman–Crippen LogP) is 3.20. The van der Waals surface area contributed by atoms with Gasteiger partial charge in [0.05, 0.1) is 0 Å². The summed E-state index contributed by atoms with van der Waals surface area (Å²) in [6.45, 7) is 2.64. The Morgan fingerprint density at radius 1 is 1.17 bits per heavy atom. The van der Waals surface area contributed by atoms with Crippen LogP contribution in [-0.2, 0) is 13.1 Å². The first-order valence-corrected chi connectivity index (χ1v) is 7.65. The Morgan fingerprint density at radius 2 is 1.92 bits per heavy atom. The van der Waals surface area contributed by atoms with Gasteiger partial charge in [-0.1, -0.05) is 18.2 Å². The van der Waals surface area contributed by atoms with Crippen molar-refractivity contribution in [1.29, 1.82) is 0 Å². The maximum Gasteiger partial charge on any atom is 0.317 e. The molecule has 1 heterocycles. The number of ether oxygens (including phenoxy) is 2. The van der Waals surface area contributed by atoms with Crippen LogP contribution in [0.3, 0.4) is 0 Å². The maximum atomic E-state index is 13.5. The molecule has 0 spiro atoms. The Labute approximate surface area is 140 Å². The zero-order valence-corrected chi connectivity index (χ0v) is 13.6. The number of halogens is 1. The highest BCUT2D eigenvalue weighted by atomic mass is 19.1. The van der Waals surface area contributed by atoms with E-state index in [-0.39, 0.29) is 25.2 Å². The molecule has 126 valence electrons. The second kappa shape index (κ2) is 6.78. The van der Waals surface area contributed by atoms with Gasteiger partial charge in [0.15, 0.2) is 11.5 Å². The molecule has 24 heavy (non-hydrogen) atoms. The second-order valence-electron chi connectivity index (χ2n) is 5.79. The topological polar surface area (TPSA) is 50.8 Å². The van der Waals surface area contributed by atoms with Crippen molar-refractivity contribution in [2.24, 2.45) is 0 Å². The van der Waals surface area contributed by atoms with Crippen molar-refractivity contribution < 1.29 is 18.7 Å². The van der Waals surface area contributed by atoms with Crippen LogP contribution in [0.15, 0.2) is 36.4 Å². The normalized spacial score (nSPS) is 12.1. The summed E-state index contributed by atoms with van der Waals surface area (Å²) in [7, 11) is 1.70. The summed E-state index contributed by atoms with van der Waals surface area (Å²) in [4.78, 5) is 13.7. The van der Waals surface area contributed by atoms with Crippen molar-refractivity contribution in [2.45, 2.75) is 20.0 Å². The quantitative estimate of drug-likeness (QED) is 0.936. The van der Waals surface area contributed by atoms with Gasteiger partial charge in [-0.3, -0.25) is 0 Å². The van der Waals surface area contributed by atoms with Crippen LogP contribution in [0.1, 0.15) is 16.7 Å². The number of aryl methyl sites for hydroxylation is 1. The summed E-state index contributed by atoms with van der Waals surface area (Å²) in [6.07, 6.45) is 0. The zero-order valence-electron chi connectivity index (χ0n) is 13.6. The summed E-state index contributed by atoms with van der Waals surface area (Å²) in [6, 6.07) is 10.3. The third kappa shape index (κ3) is 3.59. The van der Waals surface area contributed by atoms with E-state index in [1.807, 2.05) is 18.2 Å². The summed E-state index contributed by atoms with van der Waals surface area (Å²) in [5.41, 5.74) is 2.26. The summed E-state index contributed by atoms with van der Waals surface area (Å²) >= 11 is 0. The lowest BCUT2D eigenvalue weighted by Crippen LogP contribution is -2.36. The summed E-state index contributed by atoms with van der Waals surface area (Å²) in [5.74, 6) is 1.14. The van der Waals surface area contributed by atoms with Crippen molar-refractivity contribution in [2.75, 3.05) is 13.8 Å². The monoisotopic (exact) mass is 330 g/mol. The van der Waals surface area contributed by atoms with Crippen molar-refractivity contribution in [3.63, 3.8) is 0 Å². The minimum absolute atomic E-state index is 0.224. The molecule has 0 aromatic heterocycles. The summed E-state index contributed by atoms with van der Waals surface area (Å²) in [5, 5.41) is 2.78. The van der Waals surface area contributed by atoms with Gasteiger partial charge < -0.3 is 19.7 Å². The lowest BCUT2D eigenvalue weighted by Gasteiger charge is -2.18. The maximum absolute atomic E-state index is 13.5. The molecule has 0 radical (unpaired) electrons. The van der Waals surface area contributed by atoms with Crippen molar-refractivity contribution >= 4 is 6.03 Å². The number of hydrogen-bond donors (Lipinski definition) is 1. The summed E-state index contributed by atoms with van der Waals surface area (Å²) < 4.78 is 24.1. The molecule has 0 unspecified atom stereocenters. The zero-order chi connectivity index (χ0) is 17.1. The highest BCUT2D eigenvalue weighted by Crippen LogP contribution is 2.32. The fraction of sp³-hybridized carbons (Fsp3) is 0.278. The molecule has 3 rings (SSSR count). The first-order chi connectivity index (χ1) is 11.5. The number of amides is 2. The first-order valence-electron chi connectivity index (χ1n) is 7.65. The van der Waals surface area contributed by atoms with E-state index in [0.717, 1.165) is 11.1 Å². The smallest absolute Gasteiger partial charge is 0.317 e. The first kappa shape index (κ1) is 16.1. The van der Waals surface area contributed by atoms with E-state index in [4.69, 9.17) is 9.47 Å². The Hall–Kier alpha value is -2.76. The van der Waals surface area contributed by atoms with Crippen LogP contribution < -0.4 is 14.8 Å². The van der Waals surface area contributed by atoms with E-state index >= 15 is 0 Å². The molecule has 0 saturated carbocycles. The molecule has 5 nitrogen and oxygen atoms in total. The van der Waals surface area contributed by atoms with Gasteiger partial charge in [-0.25, -0.2) is 9.18 Å². The fourth-order valence-electron chi connectivity index (χ4n) is 2.44. The van der Waals surface area contributed by atoms with Crippen molar-refractivity contribution in [3.05, 3.63) is 58.9 Å². The van der Waals surface area contributed by atoms with Gasteiger partial charge in [-0.2, -0.15) is 0 Å². The van der Waals surface area contributed by atoms with Crippen molar-refractivity contribution in [1.82, 2.24) is 10.2 Å². The van der Waals surface area contributed by atoms with Gasteiger partial charge in [-0.15, -0.1) is 0 Å². The van der Waals surface area contributed by atoms with Crippen molar-refractivity contribution in [3.8, 4) is 11.5 Å². The van der Waals surface area contributed by atoms with Crippen LogP contribution in [-0.4, -0.2) is 24.8 Å². The highest BCUT2D eigenvalue weighted by Gasteiger charge is 2.15. The molecule has 0 aliphatic carbocycles. The average molecular weight is 330 g/mol. The number of nitrogens with one attached hydrogen (secondary N) is 1. The Morgan fingerprint density at radius 3 is 2.71 bits per heavy atom. The fourth-order valence-corrected chi connectivity index (χ4v) is 2.44. The number of nitrogens with zero attached hydrogens (tertiary/aromatic N) is 1. The van der Waals surface area contributed by atoms with Crippen LogP contribution in [0.4, 0.5) is 9.18 Å². The van der Waals surface area contributed by atoms with Gasteiger partial charge in [0.25, 0.3) is 0 Å². The molecular formula is C18H19FN2O3. The SMILES string of the molecule is Cc1ccc(CNC(=O)N(C)Cc2ccc3c(c2)OCO3)cc1F. The van der Waals surface area contributed by atoms with Crippen LogP contribution in [0.25, 0.3) is 0 Å². The van der Waals surface area contributed by atoms with E-state index in [1.165, 1.54) is 6.07 Å². The van der Waals surface area contributed by atoms with Gasteiger partial charge in [0, 0.05) is 20.1 Å². The molecule has 1 aliphatic heterocycles. The highest BCUT2D eigenvalue weighted by molar-refractivity contribution is 5.73. The predicted molar refractivity (Wildman–Crippen MR) is 87.4 cm³/mol. The number of urea groups is 1. The van der Waals surface area contributed by atoms with E-state index < -0.39 is 0 Å². The van der Waals surface area contributed by atoms with Crippen LogP contribution in [0.5, 0.6) is 11.5 Å². The number of benzene rings is 2. The molecule has 0 atom stereocenters. The molecule has 1 N–H and O–H groups in total. The number of carbonyl (C=O) groups excluding carboxylic acids is 1. The van der Waals surface area contributed by atoms with E-state index in [1.54, 1.807) is 31.0 Å². The number of fused-ring (bicyclic) bond motifs is 1. The Balaban J connectivity index is 1.55. The second-order valence-corrected chi connectivity index (χ2v) is 5.79. The van der Waals surface area contributed by atoms with E-state index in [2.05, 4.69) is 5.32 Å². The van der Waals surface area contributed by atoms with E-state index in [9.17, 15) is 9.18 Å². The van der Waals surface area contributed by atoms with Gasteiger partial charge >= 0.3 is 6.03 Å². The molecular weight excluding hydrogens is 311 g/mol. The average Bonchev–Trinajstić information content (AvgIpc) is 3.03. The van der Waals surface area contributed by atoms with Crippen LogP contribution in [0, 0.1) is 12.7 Å². The minimum Gasteiger partial charge on any atom is -0.454 e. The Bertz CT molecular complexity index is 764. The Kier molecular flexibility index (Phi) is 4.55. The van der Waals surface area contributed by atoms with Crippen LogP contribution in [0.2, 0.25) is 0 Å². The number of carbonyl (C=O) groups is 1. The van der Waals surface area contributed by atoms with Crippen LogP contribution >= 0.6 is 0 Å². The van der Waals surface area contributed by atoms with Gasteiger partial charge in [0.1, 0.15) is 5.82 Å². The third-order valence-corrected chi connectivity index (χ3v) is 3.88. The lowest BCUT2D eigenvalue weighted by atomic mass is 10.1. The minimum atomic E-state index is -0.268. The lowest BCUT2D eigenvalue weighted by molar-refractivity contribution is 0.174. The standard InChI is InChI=1S/C18H19FN2O3/c1-12-3-4-13(7-15(12)19)9-20-18(22)21(2)10-14-5-6-16-17(8-14)24-11-23-16/h3-8H,9-11H2,1-2H3,(H,20,22). The number of hydrogen-bond acceptors (Lipinski definition) is 3.